The van der Waals surface area contributed by atoms with Crippen molar-refractivity contribution < 1.29 is 23.2 Å². The van der Waals surface area contributed by atoms with E-state index >= 15 is 0 Å². The van der Waals surface area contributed by atoms with E-state index < -0.39 is 11.5 Å². The van der Waals surface area contributed by atoms with Crippen LogP contribution >= 0.6 is 0 Å². The van der Waals surface area contributed by atoms with E-state index in [1.807, 2.05) is 0 Å². The zero-order valence-corrected chi connectivity index (χ0v) is 18.9. The van der Waals surface area contributed by atoms with Gasteiger partial charge in [-0.15, -0.1) is 0 Å². The van der Waals surface area contributed by atoms with Gasteiger partial charge in [0.2, 0.25) is 11.8 Å². The number of carbonyl (C=O) groups excluding carboxylic acids is 3. The lowest BCUT2D eigenvalue weighted by molar-refractivity contribution is -0.185. The number of halogens is 2. The molecule has 8 heteroatoms. The number of carbonyl (C=O) groups is 3. The van der Waals surface area contributed by atoms with Crippen LogP contribution in [-0.4, -0.2) is 63.6 Å². The fourth-order valence-corrected chi connectivity index (χ4v) is 5.21. The molecule has 0 radical (unpaired) electrons. The Hall–Kier alpha value is -2.51. The molecule has 0 atom stereocenters. The highest BCUT2D eigenvalue weighted by Gasteiger charge is 2.60. The molecule has 1 aromatic rings. The van der Waals surface area contributed by atoms with Gasteiger partial charge in [-0.05, 0) is 37.2 Å². The van der Waals surface area contributed by atoms with Crippen molar-refractivity contribution in [3.8, 4) is 0 Å². The van der Waals surface area contributed by atoms with Crippen LogP contribution in [0.4, 0.5) is 8.78 Å². The van der Waals surface area contributed by atoms with Crippen molar-refractivity contribution in [2.24, 2.45) is 5.92 Å². The van der Waals surface area contributed by atoms with E-state index in [4.69, 9.17) is 0 Å². The predicted octanol–water partition coefficient (Wildman–Crippen LogP) is 3.15. The zero-order valence-electron chi connectivity index (χ0n) is 18.9. The summed E-state index contributed by atoms with van der Waals surface area (Å²) >= 11 is 0. The molecule has 174 valence electrons. The molecule has 0 aromatic heterocycles. The van der Waals surface area contributed by atoms with Crippen LogP contribution in [0, 0.1) is 5.92 Å². The van der Waals surface area contributed by atoms with Gasteiger partial charge in [0.1, 0.15) is 6.54 Å². The highest BCUT2D eigenvalue weighted by molar-refractivity contribution is 6.00. The maximum atomic E-state index is 13.7. The largest absolute Gasteiger partial charge is 0.337 e. The van der Waals surface area contributed by atoms with Crippen LogP contribution in [-0.2, 0) is 26.9 Å². The quantitative estimate of drug-likeness (QED) is 0.713. The number of hydrogen-bond acceptors (Lipinski definition) is 3. The van der Waals surface area contributed by atoms with Crippen molar-refractivity contribution in [3.63, 3.8) is 0 Å². The standard InChI is InChI=1S/C24H31F2N3O3/c1-16-4-10-20(11-5-16)28-13-21(31)29(24(22(28)32)14-27(15-24)17(2)30)12-18-6-8-19(9-7-18)23(3,25)26/h6-9,16,20H,4-5,10-15H2,1-3H3. The van der Waals surface area contributed by atoms with Crippen molar-refractivity contribution in [1.29, 1.82) is 0 Å². The van der Waals surface area contributed by atoms with E-state index in [0.29, 0.717) is 11.5 Å². The fourth-order valence-electron chi connectivity index (χ4n) is 5.21. The normalized spacial score (nSPS) is 25.8. The molecule has 1 aromatic carbocycles. The molecule has 0 unspecified atom stereocenters. The van der Waals surface area contributed by atoms with E-state index in [1.165, 1.54) is 19.1 Å². The van der Waals surface area contributed by atoms with Gasteiger partial charge in [-0.1, -0.05) is 31.2 Å². The summed E-state index contributed by atoms with van der Waals surface area (Å²) in [4.78, 5) is 43.7. The molecule has 3 amide bonds. The van der Waals surface area contributed by atoms with E-state index in [0.717, 1.165) is 32.6 Å². The molecule has 6 nitrogen and oxygen atoms in total. The lowest BCUT2D eigenvalue weighted by Gasteiger charge is -2.59. The van der Waals surface area contributed by atoms with Gasteiger partial charge in [0.25, 0.3) is 11.8 Å². The highest BCUT2D eigenvalue weighted by Crippen LogP contribution is 2.38. The summed E-state index contributed by atoms with van der Waals surface area (Å²) in [6.45, 7) is 5.05. The number of hydrogen-bond donors (Lipinski definition) is 0. The Labute approximate surface area is 187 Å². The van der Waals surface area contributed by atoms with Crippen molar-refractivity contribution in [1.82, 2.24) is 14.7 Å². The van der Waals surface area contributed by atoms with Crippen LogP contribution in [0.1, 0.15) is 57.6 Å². The van der Waals surface area contributed by atoms with Crippen molar-refractivity contribution in [2.45, 2.75) is 70.5 Å². The van der Waals surface area contributed by atoms with Crippen molar-refractivity contribution in [2.75, 3.05) is 19.6 Å². The monoisotopic (exact) mass is 447 g/mol. The Morgan fingerprint density at radius 1 is 1.09 bits per heavy atom. The number of rotatable bonds is 4. The summed E-state index contributed by atoms with van der Waals surface area (Å²) in [6, 6.07) is 5.93. The van der Waals surface area contributed by atoms with Crippen molar-refractivity contribution >= 4 is 17.7 Å². The third kappa shape index (κ3) is 3.99. The first-order valence-electron chi connectivity index (χ1n) is 11.4. The second-order valence-corrected chi connectivity index (χ2v) is 9.82. The molecule has 1 aliphatic carbocycles. The van der Waals surface area contributed by atoms with E-state index in [2.05, 4.69) is 6.92 Å². The summed E-state index contributed by atoms with van der Waals surface area (Å²) in [5.41, 5.74) is -0.488. The molecule has 2 heterocycles. The van der Waals surface area contributed by atoms with Crippen LogP contribution < -0.4 is 0 Å². The Balaban J connectivity index is 1.58. The molecule has 1 saturated carbocycles. The summed E-state index contributed by atoms with van der Waals surface area (Å²) < 4.78 is 27.1. The average Bonchev–Trinajstić information content (AvgIpc) is 2.69. The summed E-state index contributed by atoms with van der Waals surface area (Å²) in [5.74, 6) is -2.69. The highest BCUT2D eigenvalue weighted by atomic mass is 19.3. The molecule has 0 N–H and O–H groups in total. The minimum absolute atomic E-state index is 0.0326. The number of piperazine rings is 1. The number of alkyl halides is 2. The molecule has 4 rings (SSSR count). The fraction of sp³-hybridized carbons (Fsp3) is 0.625. The van der Waals surface area contributed by atoms with Crippen molar-refractivity contribution in [3.05, 3.63) is 35.4 Å². The van der Waals surface area contributed by atoms with Crippen LogP contribution in [0.15, 0.2) is 24.3 Å². The minimum Gasteiger partial charge on any atom is -0.337 e. The molecular weight excluding hydrogens is 416 g/mol. The van der Waals surface area contributed by atoms with Gasteiger partial charge in [-0.25, -0.2) is 8.78 Å². The third-order valence-electron chi connectivity index (χ3n) is 7.36. The second kappa shape index (κ2) is 8.12. The van der Waals surface area contributed by atoms with Gasteiger partial charge < -0.3 is 14.7 Å². The van der Waals surface area contributed by atoms with Gasteiger partial charge in [-0.3, -0.25) is 14.4 Å². The SMILES string of the molecule is CC(=O)N1CC2(C1)C(=O)N(C1CCC(C)CC1)CC(=O)N2Cc1ccc(C(C)(F)F)cc1. The molecule has 32 heavy (non-hydrogen) atoms. The van der Waals surface area contributed by atoms with Crippen LogP contribution in [0.2, 0.25) is 0 Å². The average molecular weight is 448 g/mol. The maximum absolute atomic E-state index is 13.7. The second-order valence-electron chi connectivity index (χ2n) is 9.82. The van der Waals surface area contributed by atoms with Gasteiger partial charge in [-0.2, -0.15) is 0 Å². The summed E-state index contributed by atoms with van der Waals surface area (Å²) in [5, 5.41) is 0. The summed E-state index contributed by atoms with van der Waals surface area (Å²) in [6.07, 6.45) is 3.85. The van der Waals surface area contributed by atoms with E-state index in [-0.39, 0.29) is 55.5 Å². The Morgan fingerprint density at radius 3 is 2.22 bits per heavy atom. The van der Waals surface area contributed by atoms with Crippen LogP contribution in [0.25, 0.3) is 0 Å². The molecule has 2 saturated heterocycles. The first-order valence-corrected chi connectivity index (χ1v) is 11.4. The molecule has 2 aliphatic heterocycles. The van der Waals surface area contributed by atoms with E-state index in [9.17, 15) is 23.2 Å². The Morgan fingerprint density at radius 2 is 1.69 bits per heavy atom. The van der Waals surface area contributed by atoms with Gasteiger partial charge >= 0.3 is 0 Å². The molecule has 1 spiro atoms. The number of nitrogens with zero attached hydrogens (tertiary/aromatic N) is 3. The first-order chi connectivity index (χ1) is 15.0. The summed E-state index contributed by atoms with van der Waals surface area (Å²) in [7, 11) is 0. The molecule has 0 bridgehead atoms. The maximum Gasteiger partial charge on any atom is 0.270 e. The molecule has 3 fully saturated rings. The first kappa shape index (κ1) is 22.7. The lowest BCUT2D eigenvalue weighted by Crippen LogP contribution is -2.81. The molecular formula is C24H31F2N3O3. The van der Waals surface area contributed by atoms with Gasteiger partial charge in [0.15, 0.2) is 5.54 Å². The Bertz CT molecular complexity index is 898. The van der Waals surface area contributed by atoms with Crippen LogP contribution in [0.5, 0.6) is 0 Å². The predicted molar refractivity (Wildman–Crippen MR) is 115 cm³/mol. The third-order valence-corrected chi connectivity index (χ3v) is 7.36. The zero-order chi connectivity index (χ0) is 23.3. The van der Waals surface area contributed by atoms with Gasteiger partial charge in [0.05, 0.1) is 13.1 Å². The lowest BCUT2D eigenvalue weighted by atomic mass is 9.80. The Kier molecular flexibility index (Phi) is 5.75. The van der Waals surface area contributed by atoms with E-state index in [1.54, 1.807) is 26.8 Å². The number of benzene rings is 1. The smallest absolute Gasteiger partial charge is 0.270 e. The van der Waals surface area contributed by atoms with Gasteiger partial charge in [0, 0.05) is 32.0 Å². The molecule has 3 aliphatic rings. The number of likely N-dealkylation sites (tertiary alicyclic amines) is 1. The topological polar surface area (TPSA) is 60.9 Å². The van der Waals surface area contributed by atoms with Crippen LogP contribution in [0.3, 0.4) is 0 Å². The number of amides is 3. The minimum atomic E-state index is -2.94.